The zero-order valence-electron chi connectivity index (χ0n) is 8.07. The van der Waals surface area contributed by atoms with E-state index in [0.29, 0.717) is 5.92 Å². The molecule has 2 rings (SSSR count). The van der Waals surface area contributed by atoms with Crippen molar-refractivity contribution < 1.29 is 0 Å². The van der Waals surface area contributed by atoms with E-state index < -0.39 is 0 Å². The molecule has 2 atom stereocenters. The van der Waals surface area contributed by atoms with Crippen molar-refractivity contribution >= 4 is 17.7 Å². The predicted octanol–water partition coefficient (Wildman–Crippen LogP) is 3.78. The summed E-state index contributed by atoms with van der Waals surface area (Å²) < 4.78 is 0. The Labute approximate surface area is 89.9 Å². The third-order valence-corrected chi connectivity index (χ3v) is 2.91. The van der Waals surface area contributed by atoms with Crippen LogP contribution in [0.1, 0.15) is 24.0 Å². The maximum atomic E-state index is 6.27. The van der Waals surface area contributed by atoms with Crippen molar-refractivity contribution in [3.63, 3.8) is 0 Å². The Hall–Kier alpha value is -1.01. The van der Waals surface area contributed by atoms with Crippen molar-refractivity contribution in [2.75, 3.05) is 0 Å². The Kier molecular flexibility index (Phi) is 2.74. The first-order valence-electron chi connectivity index (χ1n) is 4.78. The van der Waals surface area contributed by atoms with Crippen LogP contribution < -0.4 is 0 Å². The summed E-state index contributed by atoms with van der Waals surface area (Å²) in [4.78, 5) is 0. The number of alkyl halides is 1. The summed E-state index contributed by atoms with van der Waals surface area (Å²) >= 11 is 6.27. The van der Waals surface area contributed by atoms with Gasteiger partial charge in [-0.05, 0) is 30.2 Å². The van der Waals surface area contributed by atoms with Crippen LogP contribution in [-0.2, 0) is 0 Å². The first kappa shape index (κ1) is 9.54. The molecule has 0 amide bonds. The van der Waals surface area contributed by atoms with Gasteiger partial charge in [-0.1, -0.05) is 36.4 Å². The number of rotatable bonds is 2. The van der Waals surface area contributed by atoms with Crippen molar-refractivity contribution in [3.8, 4) is 0 Å². The lowest BCUT2D eigenvalue weighted by Crippen LogP contribution is -2.06. The summed E-state index contributed by atoms with van der Waals surface area (Å²) in [5, 5.41) is 0.0555. The van der Waals surface area contributed by atoms with E-state index >= 15 is 0 Å². The first-order valence-corrected chi connectivity index (χ1v) is 5.21. The van der Waals surface area contributed by atoms with Gasteiger partial charge in [0.2, 0.25) is 0 Å². The molecule has 71 valence electrons. The van der Waals surface area contributed by atoms with E-state index in [1.54, 1.807) is 0 Å². The monoisotopic (exact) mass is 203 g/mol. The molecule has 1 radical (unpaired) electrons. The van der Waals surface area contributed by atoms with Crippen molar-refractivity contribution in [2.24, 2.45) is 0 Å². The van der Waals surface area contributed by atoms with Crippen molar-refractivity contribution in [1.82, 2.24) is 0 Å². The van der Waals surface area contributed by atoms with E-state index in [1.807, 2.05) is 31.2 Å². The quantitative estimate of drug-likeness (QED) is 0.507. The third kappa shape index (κ3) is 1.62. The van der Waals surface area contributed by atoms with Crippen LogP contribution in [0, 0.1) is 6.07 Å². The van der Waals surface area contributed by atoms with Gasteiger partial charge in [0.05, 0.1) is 5.38 Å². The van der Waals surface area contributed by atoms with Gasteiger partial charge >= 0.3 is 0 Å². The second-order valence-corrected chi connectivity index (χ2v) is 3.91. The summed E-state index contributed by atoms with van der Waals surface area (Å²) in [6.45, 7) is 1.99. The summed E-state index contributed by atoms with van der Waals surface area (Å²) in [5.74, 6) is 0.317. The lowest BCUT2D eigenvalue weighted by molar-refractivity contribution is 0.886. The molecule has 0 nitrogen and oxygen atoms in total. The lowest BCUT2D eigenvalue weighted by atomic mass is 9.97. The highest BCUT2D eigenvalue weighted by Crippen LogP contribution is 2.34. The van der Waals surface area contributed by atoms with E-state index in [4.69, 9.17) is 11.6 Å². The SMILES string of the molecule is CC=CC(Cl)C1C=Cc2c[c]ccc21. The molecule has 0 saturated carbocycles. The third-order valence-electron chi connectivity index (χ3n) is 2.49. The molecule has 0 heterocycles. The molecule has 1 aromatic carbocycles. The fraction of sp³-hybridized carbons (Fsp3) is 0.231. The maximum Gasteiger partial charge on any atom is 0.0619 e. The standard InChI is InChI=1S/C13H12Cl/c1-2-5-13(14)12-9-8-10-6-3-4-7-11(10)12/h2,4-9,12-13H,1H3. The van der Waals surface area contributed by atoms with Crippen LogP contribution in [0.3, 0.4) is 0 Å². The maximum absolute atomic E-state index is 6.27. The number of hydrogen-bond donors (Lipinski definition) is 0. The summed E-state index contributed by atoms with van der Waals surface area (Å²) in [7, 11) is 0. The highest BCUT2D eigenvalue weighted by Gasteiger charge is 2.21. The Morgan fingerprint density at radius 2 is 2.43 bits per heavy atom. The van der Waals surface area contributed by atoms with Crippen LogP contribution in [0.5, 0.6) is 0 Å². The molecule has 1 aliphatic carbocycles. The molecular weight excluding hydrogens is 192 g/mol. The van der Waals surface area contributed by atoms with E-state index in [0.717, 1.165) is 0 Å². The fourth-order valence-electron chi connectivity index (χ4n) is 1.80. The normalized spacial score (nSPS) is 21.4. The Morgan fingerprint density at radius 3 is 3.21 bits per heavy atom. The molecule has 1 heteroatoms. The predicted molar refractivity (Wildman–Crippen MR) is 61.5 cm³/mol. The van der Waals surface area contributed by atoms with Gasteiger partial charge in [0.15, 0.2) is 0 Å². The average molecular weight is 204 g/mol. The number of hydrogen-bond acceptors (Lipinski definition) is 0. The topological polar surface area (TPSA) is 0 Å². The van der Waals surface area contributed by atoms with Gasteiger partial charge in [-0.25, -0.2) is 0 Å². The van der Waals surface area contributed by atoms with E-state index in [1.165, 1.54) is 11.1 Å². The molecule has 14 heavy (non-hydrogen) atoms. The molecule has 0 spiro atoms. The molecule has 0 aromatic heterocycles. The van der Waals surface area contributed by atoms with Gasteiger partial charge in [0, 0.05) is 5.92 Å². The van der Waals surface area contributed by atoms with E-state index in [2.05, 4.69) is 24.3 Å². The van der Waals surface area contributed by atoms with Crippen molar-refractivity contribution in [1.29, 1.82) is 0 Å². The Bertz CT molecular complexity index is 377. The summed E-state index contributed by atoms with van der Waals surface area (Å²) in [6.07, 6.45) is 8.31. The zero-order valence-corrected chi connectivity index (χ0v) is 8.83. The second-order valence-electron chi connectivity index (χ2n) is 3.41. The van der Waals surface area contributed by atoms with Crippen LogP contribution in [0.2, 0.25) is 0 Å². The second kappa shape index (κ2) is 4.02. The minimum absolute atomic E-state index is 0.0555. The Morgan fingerprint density at radius 1 is 1.57 bits per heavy atom. The van der Waals surface area contributed by atoms with E-state index in [-0.39, 0.29) is 5.38 Å². The number of allylic oxidation sites excluding steroid dienone is 3. The molecule has 0 fully saturated rings. The van der Waals surface area contributed by atoms with Crippen LogP contribution in [-0.4, -0.2) is 5.38 Å². The fourth-order valence-corrected chi connectivity index (χ4v) is 2.16. The van der Waals surface area contributed by atoms with Gasteiger partial charge in [-0.2, -0.15) is 0 Å². The molecule has 2 unspecified atom stereocenters. The van der Waals surface area contributed by atoms with Gasteiger partial charge in [-0.15, -0.1) is 11.6 Å². The Balaban J connectivity index is 2.30. The summed E-state index contributed by atoms with van der Waals surface area (Å²) in [5.41, 5.74) is 2.55. The van der Waals surface area contributed by atoms with Crippen LogP contribution in [0.15, 0.2) is 36.4 Å². The smallest absolute Gasteiger partial charge is 0.0619 e. The molecule has 1 aliphatic rings. The number of benzene rings is 1. The number of fused-ring (bicyclic) bond motifs is 1. The lowest BCUT2D eigenvalue weighted by Gasteiger charge is -2.13. The van der Waals surface area contributed by atoms with Gasteiger partial charge in [0.1, 0.15) is 0 Å². The average Bonchev–Trinajstić information content (AvgIpc) is 2.61. The van der Waals surface area contributed by atoms with Crippen molar-refractivity contribution in [3.05, 3.63) is 53.6 Å². The van der Waals surface area contributed by atoms with Crippen LogP contribution >= 0.6 is 11.6 Å². The molecule has 1 aromatic rings. The molecular formula is C13H12Cl. The zero-order chi connectivity index (χ0) is 9.97. The van der Waals surface area contributed by atoms with Crippen LogP contribution in [0.4, 0.5) is 0 Å². The molecule has 0 N–H and O–H groups in total. The largest absolute Gasteiger partial charge is 0.117 e. The number of halogens is 1. The summed E-state index contributed by atoms with van der Waals surface area (Å²) in [6, 6.07) is 9.12. The highest BCUT2D eigenvalue weighted by molar-refractivity contribution is 6.22. The molecule has 0 saturated heterocycles. The minimum atomic E-state index is 0.0555. The minimum Gasteiger partial charge on any atom is -0.117 e. The molecule has 0 aliphatic heterocycles. The van der Waals surface area contributed by atoms with Crippen LogP contribution in [0.25, 0.3) is 6.08 Å². The highest BCUT2D eigenvalue weighted by atomic mass is 35.5. The van der Waals surface area contributed by atoms with Gasteiger partial charge in [0.25, 0.3) is 0 Å². The first-order chi connectivity index (χ1) is 6.83. The molecule has 0 bridgehead atoms. The van der Waals surface area contributed by atoms with Gasteiger partial charge in [-0.3, -0.25) is 0 Å². The van der Waals surface area contributed by atoms with Gasteiger partial charge < -0.3 is 0 Å². The van der Waals surface area contributed by atoms with Crippen molar-refractivity contribution in [2.45, 2.75) is 18.2 Å². The van der Waals surface area contributed by atoms with E-state index in [9.17, 15) is 0 Å².